The molecule has 0 radical (unpaired) electrons. The largest absolute Gasteiger partial charge is 0.351 e. The number of hydrogen-bond donors (Lipinski definition) is 3. The first kappa shape index (κ1) is 16.9. The average molecular weight is 396 g/mol. The Balaban J connectivity index is 1.86. The average Bonchev–Trinajstić information content (AvgIpc) is 2.87. The molecule has 0 aromatic carbocycles. The number of halogens is 1. The van der Waals surface area contributed by atoms with Gasteiger partial charge >= 0.3 is 0 Å². The Hall–Kier alpha value is -0.480. The molecule has 1 amide bonds. The Kier molecular flexibility index (Phi) is 5.78. The van der Waals surface area contributed by atoms with Crippen LogP contribution in [0.15, 0.2) is 20.1 Å². The molecule has 9 heteroatoms. The Morgan fingerprint density at radius 1 is 1.52 bits per heavy atom. The summed E-state index contributed by atoms with van der Waals surface area (Å²) in [5.74, 6) is 0.0785. The molecule has 0 aliphatic carbocycles. The Morgan fingerprint density at radius 3 is 2.90 bits per heavy atom. The molecule has 2 rings (SSSR count). The summed E-state index contributed by atoms with van der Waals surface area (Å²) in [6.07, 6.45) is 1.000. The van der Waals surface area contributed by atoms with Crippen molar-refractivity contribution >= 4 is 43.2 Å². The molecule has 1 aromatic rings. The smallest absolute Gasteiger partial charge is 0.250 e. The highest BCUT2D eigenvalue weighted by Crippen LogP contribution is 2.25. The second kappa shape index (κ2) is 7.19. The molecule has 1 aromatic heterocycles. The van der Waals surface area contributed by atoms with Crippen molar-refractivity contribution in [2.75, 3.05) is 19.6 Å². The fourth-order valence-electron chi connectivity index (χ4n) is 2.11. The van der Waals surface area contributed by atoms with Crippen LogP contribution in [-0.4, -0.2) is 40.0 Å². The van der Waals surface area contributed by atoms with Crippen molar-refractivity contribution in [3.05, 3.63) is 15.9 Å². The highest BCUT2D eigenvalue weighted by molar-refractivity contribution is 9.11. The Labute approximate surface area is 136 Å². The monoisotopic (exact) mass is 395 g/mol. The zero-order valence-corrected chi connectivity index (χ0v) is 14.8. The van der Waals surface area contributed by atoms with Gasteiger partial charge < -0.3 is 10.6 Å². The quantitative estimate of drug-likeness (QED) is 0.691. The van der Waals surface area contributed by atoms with Gasteiger partial charge in [0.15, 0.2) is 0 Å². The summed E-state index contributed by atoms with van der Waals surface area (Å²) in [5.41, 5.74) is 0. The molecule has 2 unspecified atom stereocenters. The van der Waals surface area contributed by atoms with E-state index in [0.29, 0.717) is 5.92 Å². The van der Waals surface area contributed by atoms with Crippen LogP contribution in [-0.2, 0) is 14.8 Å². The van der Waals surface area contributed by atoms with Crippen LogP contribution in [0.2, 0.25) is 0 Å². The minimum atomic E-state index is -3.63. The topological polar surface area (TPSA) is 87.3 Å². The van der Waals surface area contributed by atoms with Gasteiger partial charge in [0.2, 0.25) is 5.91 Å². The summed E-state index contributed by atoms with van der Waals surface area (Å²) in [6.45, 7) is 3.51. The SMILES string of the molecule is CC1CCNCC1NC(=O)CNS(=O)(=O)c1ccc(Br)s1. The van der Waals surface area contributed by atoms with Gasteiger partial charge in [0.25, 0.3) is 10.0 Å². The van der Waals surface area contributed by atoms with Gasteiger partial charge in [-0.3, -0.25) is 4.79 Å². The fraction of sp³-hybridized carbons (Fsp3) is 0.583. The third-order valence-corrected chi connectivity index (χ3v) is 6.93. The summed E-state index contributed by atoms with van der Waals surface area (Å²) >= 11 is 4.32. The summed E-state index contributed by atoms with van der Waals surface area (Å²) in [6, 6.07) is 3.21. The molecule has 0 spiro atoms. The maximum Gasteiger partial charge on any atom is 0.250 e. The van der Waals surface area contributed by atoms with E-state index in [1.54, 1.807) is 6.07 Å². The molecule has 1 saturated heterocycles. The molecule has 1 fully saturated rings. The predicted molar refractivity (Wildman–Crippen MR) is 85.8 cm³/mol. The molecule has 3 N–H and O–H groups in total. The van der Waals surface area contributed by atoms with Gasteiger partial charge in [0.1, 0.15) is 4.21 Å². The molecule has 2 atom stereocenters. The van der Waals surface area contributed by atoms with E-state index >= 15 is 0 Å². The van der Waals surface area contributed by atoms with Gasteiger partial charge in [-0.1, -0.05) is 6.92 Å². The lowest BCUT2D eigenvalue weighted by atomic mass is 9.95. The van der Waals surface area contributed by atoms with Crippen molar-refractivity contribution < 1.29 is 13.2 Å². The standard InChI is InChI=1S/C12H18BrN3O3S2/c1-8-4-5-14-6-9(8)16-11(17)7-15-21(18,19)12-3-2-10(13)20-12/h2-3,8-9,14-15H,4-7H2,1H3,(H,16,17). The van der Waals surface area contributed by atoms with Crippen LogP contribution in [0, 0.1) is 5.92 Å². The number of amides is 1. The van der Waals surface area contributed by atoms with E-state index in [1.807, 2.05) is 0 Å². The van der Waals surface area contributed by atoms with Crippen LogP contribution in [0.1, 0.15) is 13.3 Å². The second-order valence-electron chi connectivity index (χ2n) is 5.03. The molecule has 1 aliphatic rings. The van der Waals surface area contributed by atoms with Crippen molar-refractivity contribution in [3.63, 3.8) is 0 Å². The van der Waals surface area contributed by atoms with E-state index in [4.69, 9.17) is 0 Å². The first-order valence-electron chi connectivity index (χ1n) is 6.63. The number of nitrogens with one attached hydrogen (secondary N) is 3. The second-order valence-corrected chi connectivity index (χ2v) is 9.48. The summed E-state index contributed by atoms with van der Waals surface area (Å²) < 4.78 is 27.2. The zero-order valence-electron chi connectivity index (χ0n) is 11.6. The third kappa shape index (κ3) is 4.75. The van der Waals surface area contributed by atoms with Gasteiger partial charge in [-0.2, -0.15) is 0 Å². The molecule has 1 aliphatic heterocycles. The highest BCUT2D eigenvalue weighted by atomic mass is 79.9. The zero-order chi connectivity index (χ0) is 15.5. The molecule has 6 nitrogen and oxygen atoms in total. The van der Waals surface area contributed by atoms with E-state index in [9.17, 15) is 13.2 Å². The van der Waals surface area contributed by atoms with Gasteiger partial charge in [-0.25, -0.2) is 13.1 Å². The van der Waals surface area contributed by atoms with E-state index < -0.39 is 10.0 Å². The number of thiophene rings is 1. The summed E-state index contributed by atoms with van der Waals surface area (Å²) in [4.78, 5) is 11.9. The van der Waals surface area contributed by atoms with E-state index in [0.717, 1.165) is 34.6 Å². The van der Waals surface area contributed by atoms with Gasteiger partial charge in [0, 0.05) is 12.6 Å². The minimum Gasteiger partial charge on any atom is -0.351 e. The first-order chi connectivity index (χ1) is 9.88. The lowest BCUT2D eigenvalue weighted by Crippen LogP contribution is -2.52. The summed E-state index contributed by atoms with van der Waals surface area (Å²) in [7, 11) is -3.63. The van der Waals surface area contributed by atoms with Crippen LogP contribution >= 0.6 is 27.3 Å². The number of piperidine rings is 1. The van der Waals surface area contributed by atoms with Crippen molar-refractivity contribution in [2.45, 2.75) is 23.6 Å². The number of rotatable bonds is 5. The lowest BCUT2D eigenvalue weighted by Gasteiger charge is -2.30. The Morgan fingerprint density at radius 2 is 2.29 bits per heavy atom. The first-order valence-corrected chi connectivity index (χ1v) is 9.73. The van der Waals surface area contributed by atoms with Gasteiger partial charge in [0.05, 0.1) is 10.3 Å². The maximum absolute atomic E-state index is 12.0. The number of sulfonamides is 1. The number of carbonyl (C=O) groups excluding carboxylic acids is 1. The predicted octanol–water partition coefficient (Wildman–Crippen LogP) is 0.903. The molecule has 0 saturated carbocycles. The molecule has 21 heavy (non-hydrogen) atoms. The third-order valence-electron chi connectivity index (χ3n) is 3.41. The lowest BCUT2D eigenvalue weighted by molar-refractivity contribution is -0.121. The Bertz CT molecular complexity index is 603. The fourth-order valence-corrected chi connectivity index (χ4v) is 5.15. The number of hydrogen-bond acceptors (Lipinski definition) is 5. The van der Waals surface area contributed by atoms with Crippen molar-refractivity contribution in [3.8, 4) is 0 Å². The van der Waals surface area contributed by atoms with E-state index in [1.165, 1.54) is 6.07 Å². The van der Waals surface area contributed by atoms with Crippen LogP contribution in [0.4, 0.5) is 0 Å². The minimum absolute atomic E-state index is 0.0478. The normalized spacial score (nSPS) is 23.0. The van der Waals surface area contributed by atoms with Crippen LogP contribution in [0.3, 0.4) is 0 Å². The molecule has 0 bridgehead atoms. The highest BCUT2D eigenvalue weighted by Gasteiger charge is 2.23. The number of carbonyl (C=O) groups is 1. The van der Waals surface area contributed by atoms with Crippen LogP contribution in [0.25, 0.3) is 0 Å². The van der Waals surface area contributed by atoms with Crippen LogP contribution in [0.5, 0.6) is 0 Å². The van der Waals surface area contributed by atoms with Crippen molar-refractivity contribution in [1.82, 2.24) is 15.4 Å². The summed E-state index contributed by atoms with van der Waals surface area (Å²) in [5, 5.41) is 6.08. The van der Waals surface area contributed by atoms with Gasteiger partial charge in [-0.05, 0) is 46.9 Å². The molecular formula is C12H18BrN3O3S2. The van der Waals surface area contributed by atoms with Gasteiger partial charge in [-0.15, -0.1) is 11.3 Å². The molecule has 118 valence electrons. The maximum atomic E-state index is 12.0. The van der Waals surface area contributed by atoms with Crippen molar-refractivity contribution in [2.24, 2.45) is 5.92 Å². The van der Waals surface area contributed by atoms with Crippen molar-refractivity contribution in [1.29, 1.82) is 0 Å². The van der Waals surface area contributed by atoms with E-state index in [-0.39, 0.29) is 22.7 Å². The molecule has 2 heterocycles. The van der Waals surface area contributed by atoms with Crippen LogP contribution < -0.4 is 15.4 Å². The molecular weight excluding hydrogens is 378 g/mol. The van der Waals surface area contributed by atoms with E-state index in [2.05, 4.69) is 38.2 Å².